The van der Waals surface area contributed by atoms with E-state index in [2.05, 4.69) is 5.32 Å². The second kappa shape index (κ2) is 8.96. The molecule has 0 saturated carbocycles. The molecule has 7 nitrogen and oxygen atoms in total. The van der Waals surface area contributed by atoms with Gasteiger partial charge >= 0.3 is 5.97 Å². The quantitative estimate of drug-likeness (QED) is 0.652. The molecule has 1 heterocycles. The highest BCUT2D eigenvalue weighted by Gasteiger charge is 2.29. The first kappa shape index (κ1) is 18.6. The number of hydrogen-bond donors (Lipinski definition) is 2. The van der Waals surface area contributed by atoms with Gasteiger partial charge in [-0.3, -0.25) is 24.1 Å². The first-order chi connectivity index (χ1) is 12.0. The molecule has 1 aromatic carbocycles. The summed E-state index contributed by atoms with van der Waals surface area (Å²) < 4.78 is 0. The van der Waals surface area contributed by atoms with Crippen molar-refractivity contribution in [3.05, 3.63) is 35.9 Å². The maximum absolute atomic E-state index is 12.2. The van der Waals surface area contributed by atoms with Gasteiger partial charge in [0.15, 0.2) is 0 Å². The van der Waals surface area contributed by atoms with Crippen LogP contribution >= 0.6 is 0 Å². The van der Waals surface area contributed by atoms with Crippen LogP contribution in [0.4, 0.5) is 0 Å². The minimum absolute atomic E-state index is 0.0237. The Balaban J connectivity index is 1.88. The van der Waals surface area contributed by atoms with Gasteiger partial charge in [-0.15, -0.1) is 0 Å². The van der Waals surface area contributed by atoms with Gasteiger partial charge in [0.25, 0.3) is 0 Å². The first-order valence-electron chi connectivity index (χ1n) is 8.34. The van der Waals surface area contributed by atoms with Crippen LogP contribution in [0.25, 0.3) is 0 Å². The molecule has 2 rings (SSSR count). The van der Waals surface area contributed by atoms with Crippen molar-refractivity contribution in [1.29, 1.82) is 0 Å². The molecule has 1 aliphatic rings. The number of nitrogens with one attached hydrogen (secondary N) is 1. The summed E-state index contributed by atoms with van der Waals surface area (Å²) in [6.07, 6.45) is 1.24. The third kappa shape index (κ3) is 6.02. The van der Waals surface area contributed by atoms with Crippen LogP contribution in [0, 0.1) is 0 Å². The van der Waals surface area contributed by atoms with Gasteiger partial charge in [0.05, 0.1) is 0 Å². The molecule has 0 aliphatic carbocycles. The Labute approximate surface area is 146 Å². The number of imide groups is 1. The van der Waals surface area contributed by atoms with Crippen molar-refractivity contribution < 1.29 is 24.3 Å². The third-order valence-electron chi connectivity index (χ3n) is 4.11. The number of nitrogens with zero attached hydrogens (tertiary/aromatic N) is 1. The van der Waals surface area contributed by atoms with Crippen molar-refractivity contribution in [1.82, 2.24) is 10.2 Å². The summed E-state index contributed by atoms with van der Waals surface area (Å²) in [5.74, 6) is -1.70. The zero-order valence-corrected chi connectivity index (χ0v) is 13.9. The maximum atomic E-state index is 12.2. The molecule has 1 aliphatic heterocycles. The van der Waals surface area contributed by atoms with Gasteiger partial charge < -0.3 is 10.4 Å². The summed E-state index contributed by atoms with van der Waals surface area (Å²) in [5.41, 5.74) is 1.00. The number of aliphatic carboxylic acids is 1. The van der Waals surface area contributed by atoms with E-state index in [1.165, 1.54) is 0 Å². The molecule has 25 heavy (non-hydrogen) atoms. The number of carbonyl (C=O) groups excluding carboxylic acids is 3. The van der Waals surface area contributed by atoms with Crippen molar-refractivity contribution in [2.24, 2.45) is 0 Å². The fourth-order valence-corrected chi connectivity index (χ4v) is 2.81. The summed E-state index contributed by atoms with van der Waals surface area (Å²) in [4.78, 5) is 47.2. The molecular weight excluding hydrogens is 324 g/mol. The van der Waals surface area contributed by atoms with Crippen LogP contribution in [0.3, 0.4) is 0 Å². The van der Waals surface area contributed by atoms with Gasteiger partial charge in [-0.1, -0.05) is 30.3 Å². The summed E-state index contributed by atoms with van der Waals surface area (Å²) in [6, 6.07) is 9.18. The number of carboxylic acid groups (broad SMARTS) is 1. The molecule has 0 bridgehead atoms. The molecular formula is C18H22N2O5. The molecule has 1 fully saturated rings. The Morgan fingerprint density at radius 2 is 1.72 bits per heavy atom. The van der Waals surface area contributed by atoms with Crippen LogP contribution in [0.2, 0.25) is 0 Å². The van der Waals surface area contributed by atoms with Crippen LogP contribution in [0.5, 0.6) is 0 Å². The summed E-state index contributed by atoms with van der Waals surface area (Å²) in [7, 11) is 0. The first-order valence-corrected chi connectivity index (χ1v) is 8.34. The van der Waals surface area contributed by atoms with Gasteiger partial charge in [-0.05, 0) is 18.4 Å². The van der Waals surface area contributed by atoms with Crippen molar-refractivity contribution in [3.63, 3.8) is 0 Å². The van der Waals surface area contributed by atoms with Crippen LogP contribution in [0.15, 0.2) is 30.3 Å². The van der Waals surface area contributed by atoms with E-state index in [9.17, 15) is 19.2 Å². The minimum atomic E-state index is -0.916. The molecule has 0 aromatic heterocycles. The van der Waals surface area contributed by atoms with Crippen molar-refractivity contribution in [2.75, 3.05) is 6.54 Å². The van der Waals surface area contributed by atoms with Crippen LogP contribution in [0.1, 0.15) is 37.7 Å². The number of amides is 3. The molecule has 2 N–H and O–H groups in total. The molecule has 7 heteroatoms. The Hall–Kier alpha value is -2.70. The summed E-state index contributed by atoms with van der Waals surface area (Å²) >= 11 is 0. The SMILES string of the molecule is O=C(O)CCC(Cc1ccccc1)NC(=O)CCN1C(=O)CCC1=O. The van der Waals surface area contributed by atoms with E-state index < -0.39 is 5.97 Å². The third-order valence-corrected chi connectivity index (χ3v) is 4.11. The van der Waals surface area contributed by atoms with Gasteiger partial charge in [-0.25, -0.2) is 0 Å². The highest BCUT2D eigenvalue weighted by molar-refractivity contribution is 6.02. The zero-order valence-electron chi connectivity index (χ0n) is 13.9. The second-order valence-corrected chi connectivity index (χ2v) is 6.08. The van der Waals surface area contributed by atoms with Gasteiger partial charge in [0.1, 0.15) is 0 Å². The lowest BCUT2D eigenvalue weighted by Gasteiger charge is -2.19. The Morgan fingerprint density at radius 1 is 1.08 bits per heavy atom. The fourth-order valence-electron chi connectivity index (χ4n) is 2.81. The summed E-state index contributed by atoms with van der Waals surface area (Å²) in [5, 5.41) is 11.7. The van der Waals surface area contributed by atoms with E-state index in [1.54, 1.807) is 0 Å². The molecule has 134 valence electrons. The number of hydrogen-bond acceptors (Lipinski definition) is 4. The number of carbonyl (C=O) groups is 4. The largest absolute Gasteiger partial charge is 0.481 e. The zero-order chi connectivity index (χ0) is 18.2. The van der Waals surface area contributed by atoms with Crippen molar-refractivity contribution >= 4 is 23.7 Å². The van der Waals surface area contributed by atoms with Crippen LogP contribution in [-0.2, 0) is 25.6 Å². The number of rotatable bonds is 9. The van der Waals surface area contributed by atoms with Crippen LogP contribution < -0.4 is 5.32 Å². The molecule has 1 saturated heterocycles. The standard InChI is InChI=1S/C18H22N2O5/c21-15(10-11-20-16(22)7-8-17(20)23)19-14(6-9-18(24)25)12-13-4-2-1-3-5-13/h1-5,14H,6-12H2,(H,19,21)(H,24,25). The minimum Gasteiger partial charge on any atom is -0.481 e. The average molecular weight is 346 g/mol. The Kier molecular flexibility index (Phi) is 6.68. The average Bonchev–Trinajstić information content (AvgIpc) is 2.90. The monoisotopic (exact) mass is 346 g/mol. The van der Waals surface area contributed by atoms with Crippen molar-refractivity contribution in [3.8, 4) is 0 Å². The van der Waals surface area contributed by atoms with Gasteiger partial charge in [-0.2, -0.15) is 0 Å². The van der Waals surface area contributed by atoms with E-state index in [0.29, 0.717) is 12.8 Å². The predicted octanol–water partition coefficient (Wildman–Crippen LogP) is 1.12. The van der Waals surface area contributed by atoms with E-state index in [4.69, 9.17) is 5.11 Å². The molecule has 1 atom stereocenters. The second-order valence-electron chi connectivity index (χ2n) is 6.08. The van der Waals surface area contributed by atoms with E-state index in [-0.39, 0.29) is 56.0 Å². The lowest BCUT2D eigenvalue weighted by Crippen LogP contribution is -2.39. The highest BCUT2D eigenvalue weighted by atomic mass is 16.4. The molecule has 3 amide bonds. The number of benzene rings is 1. The normalized spacial score (nSPS) is 15.3. The lowest BCUT2D eigenvalue weighted by molar-refractivity contribution is -0.139. The number of likely N-dealkylation sites (tertiary alicyclic amines) is 1. The van der Waals surface area contributed by atoms with E-state index in [1.807, 2.05) is 30.3 Å². The number of carboxylic acids is 1. The lowest BCUT2D eigenvalue weighted by atomic mass is 10.0. The Morgan fingerprint density at radius 3 is 2.32 bits per heavy atom. The van der Waals surface area contributed by atoms with Gasteiger partial charge in [0.2, 0.25) is 17.7 Å². The molecule has 1 aromatic rings. The predicted molar refractivity (Wildman–Crippen MR) is 89.5 cm³/mol. The molecule has 0 radical (unpaired) electrons. The smallest absolute Gasteiger partial charge is 0.303 e. The van der Waals surface area contributed by atoms with Crippen LogP contribution in [-0.4, -0.2) is 46.3 Å². The maximum Gasteiger partial charge on any atom is 0.303 e. The van der Waals surface area contributed by atoms with Gasteiger partial charge in [0, 0.05) is 38.3 Å². The summed E-state index contributed by atoms with van der Waals surface area (Å²) in [6.45, 7) is 0.0699. The topological polar surface area (TPSA) is 104 Å². The fraction of sp³-hybridized carbons (Fsp3) is 0.444. The highest BCUT2D eigenvalue weighted by Crippen LogP contribution is 2.12. The van der Waals surface area contributed by atoms with E-state index in [0.717, 1.165) is 10.5 Å². The van der Waals surface area contributed by atoms with E-state index >= 15 is 0 Å². The molecule has 0 spiro atoms. The van der Waals surface area contributed by atoms with Crippen molar-refractivity contribution in [2.45, 2.75) is 44.6 Å². The Bertz CT molecular complexity index is 628. The molecule has 1 unspecified atom stereocenters.